The van der Waals surface area contributed by atoms with Gasteiger partial charge < -0.3 is 20.9 Å². The molecule has 94 valence electrons. The van der Waals surface area contributed by atoms with Gasteiger partial charge in [-0.3, -0.25) is 0 Å². The number of methoxy groups -OCH3 is 1. The number of hydrogen-bond acceptors (Lipinski definition) is 6. The minimum atomic E-state index is -0.343. The fraction of sp³-hybridized carbons (Fsp3) is 0.636. The Hall–Kier alpha value is -1.56. The van der Waals surface area contributed by atoms with Gasteiger partial charge in [0.05, 0.1) is 19.3 Å². The van der Waals surface area contributed by atoms with E-state index >= 15 is 0 Å². The zero-order valence-electron chi connectivity index (χ0n) is 9.89. The molecule has 0 aliphatic heterocycles. The van der Waals surface area contributed by atoms with E-state index in [0.29, 0.717) is 17.4 Å². The second kappa shape index (κ2) is 5.18. The molecule has 1 aromatic heterocycles. The molecule has 6 heteroatoms. The number of hydrogen-bond donors (Lipinski definition) is 3. The van der Waals surface area contributed by atoms with E-state index < -0.39 is 0 Å². The Balaban J connectivity index is 2.12. The minimum absolute atomic E-state index is 0.00524. The third-order valence-electron chi connectivity index (χ3n) is 3.09. The van der Waals surface area contributed by atoms with Crippen molar-refractivity contribution in [2.24, 2.45) is 0 Å². The molecule has 1 aliphatic rings. The highest BCUT2D eigenvalue weighted by Gasteiger charge is 2.24. The Labute approximate surface area is 100 Å². The van der Waals surface area contributed by atoms with E-state index in [1.165, 1.54) is 13.4 Å². The fourth-order valence-electron chi connectivity index (χ4n) is 2.11. The number of anilines is 2. The SMILES string of the molecule is COc1ncnc(NC2CCCCC2O)c1N. The highest BCUT2D eigenvalue weighted by atomic mass is 16.5. The van der Waals surface area contributed by atoms with E-state index in [2.05, 4.69) is 15.3 Å². The van der Waals surface area contributed by atoms with E-state index in [0.717, 1.165) is 25.7 Å². The van der Waals surface area contributed by atoms with Crippen molar-refractivity contribution in [1.82, 2.24) is 9.97 Å². The van der Waals surface area contributed by atoms with Gasteiger partial charge in [0, 0.05) is 0 Å². The van der Waals surface area contributed by atoms with Crippen molar-refractivity contribution < 1.29 is 9.84 Å². The molecule has 4 N–H and O–H groups in total. The van der Waals surface area contributed by atoms with Crippen molar-refractivity contribution in [2.45, 2.75) is 37.8 Å². The summed E-state index contributed by atoms with van der Waals surface area (Å²) in [5.74, 6) is 0.885. The third-order valence-corrected chi connectivity index (χ3v) is 3.09. The molecule has 0 saturated heterocycles. The van der Waals surface area contributed by atoms with E-state index in [-0.39, 0.29) is 12.1 Å². The molecule has 0 bridgehead atoms. The van der Waals surface area contributed by atoms with Gasteiger partial charge in [0.15, 0.2) is 5.82 Å². The van der Waals surface area contributed by atoms with Crippen LogP contribution in [0.5, 0.6) is 5.88 Å². The molecule has 1 heterocycles. The van der Waals surface area contributed by atoms with Gasteiger partial charge in [0.2, 0.25) is 5.88 Å². The van der Waals surface area contributed by atoms with Crippen LogP contribution in [0.25, 0.3) is 0 Å². The number of aromatic nitrogens is 2. The average Bonchev–Trinajstić information content (AvgIpc) is 2.34. The van der Waals surface area contributed by atoms with Crippen LogP contribution in [0.4, 0.5) is 11.5 Å². The smallest absolute Gasteiger partial charge is 0.242 e. The quantitative estimate of drug-likeness (QED) is 0.720. The predicted molar refractivity (Wildman–Crippen MR) is 64.9 cm³/mol. The largest absolute Gasteiger partial charge is 0.479 e. The molecule has 1 aromatic rings. The van der Waals surface area contributed by atoms with Gasteiger partial charge in [0.25, 0.3) is 0 Å². The van der Waals surface area contributed by atoms with Crippen LogP contribution in [0.1, 0.15) is 25.7 Å². The summed E-state index contributed by atoms with van der Waals surface area (Å²) in [7, 11) is 1.51. The van der Waals surface area contributed by atoms with E-state index in [1.54, 1.807) is 0 Å². The van der Waals surface area contributed by atoms with E-state index in [4.69, 9.17) is 10.5 Å². The normalized spacial score (nSPS) is 24.4. The molecule has 1 saturated carbocycles. The second-order valence-corrected chi connectivity index (χ2v) is 4.25. The first-order chi connectivity index (χ1) is 8.22. The van der Waals surface area contributed by atoms with E-state index in [1.807, 2.05) is 0 Å². The standard InChI is InChI=1S/C11H18N4O2/c1-17-11-9(12)10(13-6-14-11)15-7-4-2-3-5-8(7)16/h6-8,16H,2-5,12H2,1H3,(H,13,14,15). The minimum Gasteiger partial charge on any atom is -0.479 e. The van der Waals surface area contributed by atoms with Crippen LogP contribution in [-0.2, 0) is 0 Å². The first-order valence-electron chi connectivity index (χ1n) is 5.81. The topological polar surface area (TPSA) is 93.3 Å². The maximum absolute atomic E-state index is 9.87. The highest BCUT2D eigenvalue weighted by Crippen LogP contribution is 2.27. The third kappa shape index (κ3) is 2.58. The van der Waals surface area contributed by atoms with Gasteiger partial charge in [-0.05, 0) is 12.8 Å². The Morgan fingerprint density at radius 3 is 2.88 bits per heavy atom. The van der Waals surface area contributed by atoms with Crippen LogP contribution < -0.4 is 15.8 Å². The van der Waals surface area contributed by atoms with Crippen LogP contribution in [0.3, 0.4) is 0 Å². The molecular weight excluding hydrogens is 220 g/mol. The van der Waals surface area contributed by atoms with Crippen LogP contribution in [0.2, 0.25) is 0 Å². The Morgan fingerprint density at radius 1 is 1.41 bits per heavy atom. The highest BCUT2D eigenvalue weighted by molar-refractivity contribution is 5.66. The number of nitrogens with two attached hydrogens (primary N) is 1. The molecule has 1 fully saturated rings. The molecule has 0 aromatic carbocycles. The van der Waals surface area contributed by atoms with Gasteiger partial charge in [0.1, 0.15) is 12.0 Å². The first kappa shape index (κ1) is 11.9. The maximum Gasteiger partial charge on any atom is 0.242 e. The summed E-state index contributed by atoms with van der Waals surface area (Å²) in [4.78, 5) is 7.99. The van der Waals surface area contributed by atoms with Crippen molar-refractivity contribution in [3.8, 4) is 5.88 Å². The molecule has 0 radical (unpaired) electrons. The number of rotatable bonds is 3. The molecule has 0 amide bonds. The lowest BCUT2D eigenvalue weighted by atomic mass is 9.92. The van der Waals surface area contributed by atoms with Gasteiger partial charge in [-0.1, -0.05) is 12.8 Å². The fourth-order valence-corrected chi connectivity index (χ4v) is 2.11. The van der Waals surface area contributed by atoms with Crippen LogP contribution >= 0.6 is 0 Å². The zero-order valence-corrected chi connectivity index (χ0v) is 9.89. The van der Waals surface area contributed by atoms with Gasteiger partial charge >= 0.3 is 0 Å². The molecule has 2 unspecified atom stereocenters. The Kier molecular flexibility index (Phi) is 3.63. The lowest BCUT2D eigenvalue weighted by Crippen LogP contribution is -2.36. The Bertz CT molecular complexity index is 386. The molecule has 1 aliphatic carbocycles. The summed E-state index contributed by atoms with van der Waals surface area (Å²) < 4.78 is 5.02. The van der Waals surface area contributed by atoms with Crippen LogP contribution in [-0.4, -0.2) is 34.3 Å². The van der Waals surface area contributed by atoms with Gasteiger partial charge in [-0.2, -0.15) is 4.98 Å². The number of ether oxygens (including phenoxy) is 1. The summed E-state index contributed by atoms with van der Waals surface area (Å²) >= 11 is 0. The van der Waals surface area contributed by atoms with Crippen molar-refractivity contribution in [1.29, 1.82) is 0 Å². The summed E-state index contributed by atoms with van der Waals surface area (Å²) in [5.41, 5.74) is 6.24. The van der Waals surface area contributed by atoms with Crippen molar-refractivity contribution in [2.75, 3.05) is 18.2 Å². The maximum atomic E-state index is 9.87. The number of nitrogen functional groups attached to an aromatic ring is 1. The molecule has 2 atom stereocenters. The summed E-state index contributed by atoms with van der Waals surface area (Å²) in [5, 5.41) is 13.0. The monoisotopic (exact) mass is 238 g/mol. The van der Waals surface area contributed by atoms with Crippen molar-refractivity contribution >= 4 is 11.5 Å². The lowest BCUT2D eigenvalue weighted by Gasteiger charge is -2.29. The first-order valence-corrected chi connectivity index (χ1v) is 5.81. The zero-order chi connectivity index (χ0) is 12.3. The number of nitrogens with zero attached hydrogens (tertiary/aromatic N) is 2. The van der Waals surface area contributed by atoms with Gasteiger partial charge in [-0.25, -0.2) is 4.98 Å². The van der Waals surface area contributed by atoms with E-state index in [9.17, 15) is 5.11 Å². The molecular formula is C11H18N4O2. The molecule has 0 spiro atoms. The molecule has 6 nitrogen and oxygen atoms in total. The summed E-state index contributed by atoms with van der Waals surface area (Å²) in [6, 6.07) is 0.00524. The number of nitrogens with one attached hydrogen (secondary N) is 1. The number of aliphatic hydroxyl groups is 1. The molecule has 17 heavy (non-hydrogen) atoms. The average molecular weight is 238 g/mol. The second-order valence-electron chi connectivity index (χ2n) is 4.25. The number of aliphatic hydroxyl groups excluding tert-OH is 1. The van der Waals surface area contributed by atoms with Gasteiger partial charge in [-0.15, -0.1) is 0 Å². The Morgan fingerprint density at radius 2 is 2.18 bits per heavy atom. The lowest BCUT2D eigenvalue weighted by molar-refractivity contribution is 0.116. The summed E-state index contributed by atoms with van der Waals surface area (Å²) in [6.07, 6.45) is 4.97. The summed E-state index contributed by atoms with van der Waals surface area (Å²) in [6.45, 7) is 0. The molecule has 2 rings (SSSR count). The predicted octanol–water partition coefficient (Wildman–Crippen LogP) is 0.783. The van der Waals surface area contributed by atoms with Crippen molar-refractivity contribution in [3.63, 3.8) is 0 Å². The van der Waals surface area contributed by atoms with Crippen LogP contribution in [0, 0.1) is 0 Å². The van der Waals surface area contributed by atoms with Crippen LogP contribution in [0.15, 0.2) is 6.33 Å². The van der Waals surface area contributed by atoms with Crippen molar-refractivity contribution in [3.05, 3.63) is 6.33 Å².